The molecular weight excluding hydrogens is 222 g/mol. The van der Waals surface area contributed by atoms with Gasteiger partial charge in [0.05, 0.1) is 6.20 Å². The Morgan fingerprint density at radius 2 is 2.47 bits per heavy atom. The van der Waals surface area contributed by atoms with Crippen LogP contribution in [0.25, 0.3) is 0 Å². The van der Waals surface area contributed by atoms with Crippen molar-refractivity contribution in [3.63, 3.8) is 0 Å². The molecule has 0 aromatic carbocycles. The van der Waals surface area contributed by atoms with Gasteiger partial charge in [-0.3, -0.25) is 9.59 Å². The minimum Gasteiger partial charge on any atom is -0.396 e. The number of amides is 1. The quantitative estimate of drug-likeness (QED) is 0.733. The second-order valence-electron chi connectivity index (χ2n) is 4.24. The molecule has 2 rings (SSSR count). The second kappa shape index (κ2) is 5.09. The van der Waals surface area contributed by atoms with Gasteiger partial charge in [-0.25, -0.2) is 4.98 Å². The number of aromatic nitrogens is 2. The maximum absolute atomic E-state index is 12.0. The molecule has 0 radical (unpaired) electrons. The molecule has 0 aliphatic carbocycles. The number of carbonyl (C=O) groups excluding carboxylic acids is 1. The molecule has 2 N–H and O–H groups in total. The highest BCUT2D eigenvalue weighted by Gasteiger charge is 2.24. The number of nitrogens with zero attached hydrogens (tertiary/aromatic N) is 2. The molecule has 1 fully saturated rings. The van der Waals surface area contributed by atoms with Gasteiger partial charge in [0.15, 0.2) is 0 Å². The number of rotatable bonds is 2. The maximum atomic E-state index is 12.0. The molecule has 17 heavy (non-hydrogen) atoms. The minimum atomic E-state index is -0.326. The molecule has 92 valence electrons. The van der Waals surface area contributed by atoms with Crippen molar-refractivity contribution in [2.24, 2.45) is 5.92 Å². The van der Waals surface area contributed by atoms with Crippen LogP contribution in [0.5, 0.6) is 0 Å². The summed E-state index contributed by atoms with van der Waals surface area (Å²) in [4.78, 5) is 30.8. The molecule has 1 aromatic rings. The monoisotopic (exact) mass is 237 g/mol. The zero-order valence-electron chi connectivity index (χ0n) is 9.43. The maximum Gasteiger partial charge on any atom is 0.273 e. The van der Waals surface area contributed by atoms with Crippen molar-refractivity contribution in [3.8, 4) is 0 Å². The van der Waals surface area contributed by atoms with Crippen LogP contribution in [0.2, 0.25) is 0 Å². The van der Waals surface area contributed by atoms with Gasteiger partial charge in [0, 0.05) is 25.9 Å². The molecule has 0 bridgehead atoms. The molecule has 6 heteroatoms. The summed E-state index contributed by atoms with van der Waals surface area (Å²) in [7, 11) is 0. The minimum absolute atomic E-state index is 0.100. The summed E-state index contributed by atoms with van der Waals surface area (Å²) >= 11 is 0. The van der Waals surface area contributed by atoms with E-state index in [2.05, 4.69) is 9.97 Å². The van der Waals surface area contributed by atoms with E-state index in [4.69, 9.17) is 5.11 Å². The molecular formula is C11H15N3O3. The van der Waals surface area contributed by atoms with Gasteiger partial charge in [-0.2, -0.15) is 0 Å². The van der Waals surface area contributed by atoms with E-state index in [1.807, 2.05) is 0 Å². The van der Waals surface area contributed by atoms with Gasteiger partial charge in [-0.05, 0) is 18.8 Å². The zero-order chi connectivity index (χ0) is 12.3. The Morgan fingerprint density at radius 3 is 3.12 bits per heavy atom. The Labute approximate surface area is 98.3 Å². The van der Waals surface area contributed by atoms with Crippen molar-refractivity contribution in [2.75, 3.05) is 19.7 Å². The molecule has 0 saturated carbocycles. The highest BCUT2D eigenvalue weighted by atomic mass is 16.3. The van der Waals surface area contributed by atoms with E-state index < -0.39 is 0 Å². The predicted molar refractivity (Wildman–Crippen MR) is 60.6 cm³/mol. The molecule has 1 saturated heterocycles. The van der Waals surface area contributed by atoms with Crippen LogP contribution in [0.3, 0.4) is 0 Å². The van der Waals surface area contributed by atoms with Crippen molar-refractivity contribution in [1.29, 1.82) is 0 Å². The van der Waals surface area contributed by atoms with E-state index >= 15 is 0 Å². The smallest absolute Gasteiger partial charge is 0.273 e. The number of hydrogen-bond acceptors (Lipinski definition) is 4. The van der Waals surface area contributed by atoms with Crippen LogP contribution in [0.4, 0.5) is 0 Å². The van der Waals surface area contributed by atoms with Crippen LogP contribution in [-0.2, 0) is 0 Å². The van der Waals surface area contributed by atoms with E-state index in [1.54, 1.807) is 4.90 Å². The van der Waals surface area contributed by atoms with E-state index in [9.17, 15) is 9.59 Å². The summed E-state index contributed by atoms with van der Waals surface area (Å²) in [5, 5.41) is 9.10. The van der Waals surface area contributed by atoms with Crippen LogP contribution >= 0.6 is 0 Å². The Bertz CT molecular complexity index is 437. The Kier molecular flexibility index (Phi) is 3.53. The lowest BCUT2D eigenvalue weighted by Gasteiger charge is -2.31. The number of H-pyrrole nitrogens is 1. The normalized spacial score (nSPS) is 20.3. The Morgan fingerprint density at radius 1 is 1.65 bits per heavy atom. The molecule has 1 unspecified atom stereocenters. The Hall–Kier alpha value is -1.69. The Balaban J connectivity index is 2.09. The molecule has 1 aliphatic heterocycles. The van der Waals surface area contributed by atoms with Crippen molar-refractivity contribution in [2.45, 2.75) is 12.8 Å². The van der Waals surface area contributed by atoms with Gasteiger partial charge < -0.3 is 15.0 Å². The van der Waals surface area contributed by atoms with Crippen LogP contribution in [0, 0.1) is 5.92 Å². The molecule has 1 atom stereocenters. The highest BCUT2D eigenvalue weighted by molar-refractivity contribution is 5.92. The zero-order valence-corrected chi connectivity index (χ0v) is 9.43. The number of carbonyl (C=O) groups is 1. The van der Waals surface area contributed by atoms with Crippen molar-refractivity contribution < 1.29 is 9.90 Å². The summed E-state index contributed by atoms with van der Waals surface area (Å²) in [5.74, 6) is -0.0464. The fraction of sp³-hybridized carbons (Fsp3) is 0.545. The molecule has 0 spiro atoms. The van der Waals surface area contributed by atoms with Gasteiger partial charge in [0.25, 0.3) is 11.5 Å². The molecule has 1 aliphatic rings. The average molecular weight is 237 g/mol. The SMILES string of the molecule is O=C(c1c[nH]c(=O)cn1)N1CCCC(CO)C1. The first-order valence-corrected chi connectivity index (χ1v) is 5.65. The van der Waals surface area contributed by atoms with Crippen molar-refractivity contribution in [1.82, 2.24) is 14.9 Å². The summed E-state index contributed by atoms with van der Waals surface area (Å²) < 4.78 is 0. The van der Waals surface area contributed by atoms with Crippen LogP contribution in [-0.4, -0.2) is 45.6 Å². The van der Waals surface area contributed by atoms with Crippen molar-refractivity contribution >= 4 is 5.91 Å². The number of aliphatic hydroxyl groups is 1. The lowest BCUT2D eigenvalue weighted by Crippen LogP contribution is -2.41. The highest BCUT2D eigenvalue weighted by Crippen LogP contribution is 2.17. The predicted octanol–water partition coefficient (Wildman–Crippen LogP) is -0.386. The number of aromatic amines is 1. The van der Waals surface area contributed by atoms with Gasteiger partial charge >= 0.3 is 0 Å². The van der Waals surface area contributed by atoms with Gasteiger partial charge in [-0.1, -0.05) is 0 Å². The number of likely N-dealkylation sites (tertiary alicyclic amines) is 1. The number of piperidine rings is 1. The standard InChI is InChI=1S/C11H15N3O3/c15-7-8-2-1-3-14(6-8)11(17)9-4-13-10(16)5-12-9/h4-5,8,15H,1-3,6-7H2,(H,13,16). The summed E-state index contributed by atoms with van der Waals surface area (Å²) in [5.41, 5.74) is -0.0865. The third-order valence-corrected chi connectivity index (χ3v) is 2.96. The molecule has 6 nitrogen and oxygen atoms in total. The molecule has 1 amide bonds. The van der Waals surface area contributed by atoms with Crippen molar-refractivity contribution in [3.05, 3.63) is 28.4 Å². The van der Waals surface area contributed by atoms with Gasteiger partial charge in [0.1, 0.15) is 5.69 Å². The van der Waals surface area contributed by atoms with E-state index in [-0.39, 0.29) is 29.7 Å². The van der Waals surface area contributed by atoms with Crippen LogP contribution < -0.4 is 5.56 Å². The van der Waals surface area contributed by atoms with E-state index in [1.165, 1.54) is 6.20 Å². The average Bonchev–Trinajstić information content (AvgIpc) is 2.39. The molecule has 2 heterocycles. The number of aliphatic hydroxyl groups excluding tert-OH is 1. The van der Waals surface area contributed by atoms with Gasteiger partial charge in [0.2, 0.25) is 0 Å². The first-order valence-electron chi connectivity index (χ1n) is 5.65. The number of hydrogen-bond donors (Lipinski definition) is 2. The fourth-order valence-electron chi connectivity index (χ4n) is 2.02. The summed E-state index contributed by atoms with van der Waals surface area (Å²) in [6.07, 6.45) is 4.26. The third-order valence-electron chi connectivity index (χ3n) is 2.96. The fourth-order valence-corrected chi connectivity index (χ4v) is 2.02. The van der Waals surface area contributed by atoms with E-state index in [0.717, 1.165) is 19.0 Å². The first-order chi connectivity index (χ1) is 8.20. The van der Waals surface area contributed by atoms with E-state index in [0.29, 0.717) is 13.1 Å². The topological polar surface area (TPSA) is 86.3 Å². The van der Waals surface area contributed by atoms with Crippen LogP contribution in [0.15, 0.2) is 17.2 Å². The molecule has 1 aromatic heterocycles. The first kappa shape index (κ1) is 11.8. The van der Waals surface area contributed by atoms with Crippen LogP contribution in [0.1, 0.15) is 23.3 Å². The summed E-state index contributed by atoms with van der Waals surface area (Å²) in [6, 6.07) is 0. The lowest BCUT2D eigenvalue weighted by molar-refractivity contribution is 0.0614. The largest absolute Gasteiger partial charge is 0.396 e. The lowest BCUT2D eigenvalue weighted by atomic mass is 9.99. The second-order valence-corrected chi connectivity index (χ2v) is 4.24. The number of nitrogens with one attached hydrogen (secondary N) is 1. The van der Waals surface area contributed by atoms with Gasteiger partial charge in [-0.15, -0.1) is 0 Å². The third kappa shape index (κ3) is 2.71. The summed E-state index contributed by atoms with van der Waals surface area (Å²) in [6.45, 7) is 1.33.